The van der Waals surface area contributed by atoms with Crippen LogP contribution in [0.15, 0.2) is 12.1 Å². The maximum Gasteiger partial charge on any atom is 0.239 e. The smallest absolute Gasteiger partial charge is 0.239 e. The number of anilines is 1. The van der Waals surface area contributed by atoms with Gasteiger partial charge in [-0.3, -0.25) is 4.79 Å². The van der Waals surface area contributed by atoms with Crippen LogP contribution in [0.5, 0.6) is 0 Å². The van der Waals surface area contributed by atoms with Crippen molar-refractivity contribution >= 4 is 11.6 Å². The number of nitrogens with zero attached hydrogens (tertiary/aromatic N) is 1. The summed E-state index contributed by atoms with van der Waals surface area (Å²) in [4.78, 5) is 15.3. The molecule has 0 aliphatic heterocycles. The molecule has 18 heavy (non-hydrogen) atoms. The Balaban J connectivity index is 2.15. The minimum atomic E-state index is -0.979. The Morgan fingerprint density at radius 2 is 2.06 bits per heavy atom. The molecule has 3 nitrogen and oxygen atoms in total. The Bertz CT molecular complexity index is 456. The number of rotatable bonds is 3. The average Bonchev–Trinajstić information content (AvgIpc) is 2.82. The van der Waals surface area contributed by atoms with Crippen molar-refractivity contribution in [3.63, 3.8) is 0 Å². The summed E-state index contributed by atoms with van der Waals surface area (Å²) in [7, 11) is 0. The van der Waals surface area contributed by atoms with E-state index in [9.17, 15) is 13.6 Å². The van der Waals surface area contributed by atoms with Gasteiger partial charge in [0.25, 0.3) is 0 Å². The molecule has 5 heteroatoms. The summed E-state index contributed by atoms with van der Waals surface area (Å²) in [5, 5.41) is 2.53. The highest BCUT2D eigenvalue weighted by atomic mass is 19.1. The number of halogens is 2. The lowest BCUT2D eigenvalue weighted by Crippen LogP contribution is -2.33. The second-order valence-electron chi connectivity index (χ2n) is 4.77. The van der Waals surface area contributed by atoms with Crippen molar-refractivity contribution in [1.29, 1.82) is 0 Å². The Morgan fingerprint density at radius 1 is 1.39 bits per heavy atom. The molecular formula is C13H16F2N2O. The molecule has 1 N–H and O–H groups in total. The molecule has 1 amide bonds. The van der Waals surface area contributed by atoms with Crippen LogP contribution in [-0.2, 0) is 4.79 Å². The van der Waals surface area contributed by atoms with E-state index in [2.05, 4.69) is 10.3 Å². The quantitative estimate of drug-likeness (QED) is 0.841. The van der Waals surface area contributed by atoms with Crippen molar-refractivity contribution in [3.8, 4) is 0 Å². The first-order valence-corrected chi connectivity index (χ1v) is 6.21. The molecule has 0 atom stereocenters. The Morgan fingerprint density at radius 3 is 2.61 bits per heavy atom. The average molecular weight is 254 g/mol. The zero-order valence-corrected chi connectivity index (χ0v) is 10.3. The molecule has 1 fully saturated rings. The van der Waals surface area contributed by atoms with E-state index in [-0.39, 0.29) is 11.6 Å². The Labute approximate surface area is 105 Å². The van der Waals surface area contributed by atoms with E-state index in [4.69, 9.17) is 0 Å². The molecule has 0 unspecified atom stereocenters. The van der Waals surface area contributed by atoms with Crippen LogP contribution in [0.2, 0.25) is 0 Å². The van der Waals surface area contributed by atoms with Gasteiger partial charge in [-0.15, -0.1) is 0 Å². The maximum absolute atomic E-state index is 13.4. The van der Waals surface area contributed by atoms with Gasteiger partial charge in [-0.25, -0.2) is 0 Å². The summed E-state index contributed by atoms with van der Waals surface area (Å²) in [6.07, 6.45) is 4.42. The highest BCUT2D eigenvalue weighted by Crippen LogP contribution is 2.41. The molecule has 1 aliphatic rings. The minimum absolute atomic E-state index is 0.0545. The molecule has 98 valence electrons. The zero-order chi connectivity index (χ0) is 13.2. The van der Waals surface area contributed by atoms with Crippen molar-refractivity contribution < 1.29 is 13.6 Å². The van der Waals surface area contributed by atoms with E-state index in [1.165, 1.54) is 6.07 Å². The van der Waals surface area contributed by atoms with E-state index in [0.29, 0.717) is 0 Å². The number of aromatic nitrogens is 1. The van der Waals surface area contributed by atoms with Gasteiger partial charge in [-0.1, -0.05) is 19.8 Å². The standard InChI is InChI=1S/C13H16F2N2O/c1-2-13(7-3-4-8-13)12(18)16-9-5-6-10(14)17-11(9)15/h5-6H,2-4,7-8H2,1H3,(H,16,18). The maximum atomic E-state index is 13.4. The van der Waals surface area contributed by atoms with E-state index in [0.717, 1.165) is 38.2 Å². The normalized spacial score (nSPS) is 17.7. The van der Waals surface area contributed by atoms with Crippen molar-refractivity contribution in [1.82, 2.24) is 4.98 Å². The number of hydrogen-bond donors (Lipinski definition) is 1. The number of pyridine rings is 1. The molecular weight excluding hydrogens is 238 g/mol. The summed E-state index contributed by atoms with van der Waals surface area (Å²) >= 11 is 0. The van der Waals surface area contributed by atoms with Gasteiger partial charge in [-0.05, 0) is 31.4 Å². The second kappa shape index (κ2) is 5.00. The van der Waals surface area contributed by atoms with Gasteiger partial charge in [-0.2, -0.15) is 13.8 Å². The van der Waals surface area contributed by atoms with Crippen molar-refractivity contribution in [3.05, 3.63) is 24.0 Å². The molecule has 0 saturated heterocycles. The summed E-state index contributed by atoms with van der Waals surface area (Å²) in [5.41, 5.74) is -0.456. The van der Waals surface area contributed by atoms with Crippen molar-refractivity contribution in [2.24, 2.45) is 5.41 Å². The Kier molecular flexibility index (Phi) is 3.59. The summed E-state index contributed by atoms with van der Waals surface area (Å²) in [6, 6.07) is 2.24. The van der Waals surface area contributed by atoms with Crippen LogP contribution in [0.1, 0.15) is 39.0 Å². The van der Waals surface area contributed by atoms with Crippen molar-refractivity contribution in [2.45, 2.75) is 39.0 Å². The van der Waals surface area contributed by atoms with Crippen LogP contribution in [-0.4, -0.2) is 10.9 Å². The number of carbonyl (C=O) groups excluding carboxylic acids is 1. The summed E-state index contributed by atoms with van der Waals surface area (Å²) in [5.74, 6) is -2.06. The monoisotopic (exact) mass is 254 g/mol. The summed E-state index contributed by atoms with van der Waals surface area (Å²) < 4.78 is 26.0. The van der Waals surface area contributed by atoms with Crippen LogP contribution in [0.4, 0.5) is 14.5 Å². The molecule has 0 bridgehead atoms. The van der Waals surface area contributed by atoms with Gasteiger partial charge in [0.2, 0.25) is 17.8 Å². The van der Waals surface area contributed by atoms with Gasteiger partial charge in [0.05, 0.1) is 5.69 Å². The van der Waals surface area contributed by atoms with E-state index in [1.807, 2.05) is 6.92 Å². The predicted molar refractivity (Wildman–Crippen MR) is 64.0 cm³/mol. The van der Waals surface area contributed by atoms with Gasteiger partial charge in [0.1, 0.15) is 0 Å². The van der Waals surface area contributed by atoms with E-state index >= 15 is 0 Å². The molecule has 1 saturated carbocycles. The number of hydrogen-bond acceptors (Lipinski definition) is 2. The van der Waals surface area contributed by atoms with Crippen molar-refractivity contribution in [2.75, 3.05) is 5.32 Å². The first kappa shape index (κ1) is 12.9. The van der Waals surface area contributed by atoms with Crippen LogP contribution >= 0.6 is 0 Å². The van der Waals surface area contributed by atoms with E-state index < -0.39 is 17.3 Å². The first-order chi connectivity index (χ1) is 8.57. The van der Waals surface area contributed by atoms with Gasteiger partial charge in [0, 0.05) is 5.41 Å². The third kappa shape index (κ3) is 2.35. The lowest BCUT2D eigenvalue weighted by molar-refractivity contribution is -0.125. The molecule has 1 aliphatic carbocycles. The molecule has 1 aromatic rings. The van der Waals surface area contributed by atoms with Gasteiger partial charge in [0.15, 0.2) is 0 Å². The molecule has 1 aromatic heterocycles. The fourth-order valence-corrected chi connectivity index (χ4v) is 2.55. The van der Waals surface area contributed by atoms with Gasteiger partial charge >= 0.3 is 0 Å². The predicted octanol–water partition coefficient (Wildman–Crippen LogP) is 3.27. The molecule has 2 rings (SSSR count). The van der Waals surface area contributed by atoms with E-state index in [1.54, 1.807) is 0 Å². The van der Waals surface area contributed by atoms with Gasteiger partial charge < -0.3 is 5.32 Å². The second-order valence-corrected chi connectivity index (χ2v) is 4.77. The third-order valence-corrected chi connectivity index (χ3v) is 3.78. The Hall–Kier alpha value is -1.52. The molecule has 1 heterocycles. The number of amides is 1. The topological polar surface area (TPSA) is 42.0 Å². The highest BCUT2D eigenvalue weighted by Gasteiger charge is 2.39. The van der Waals surface area contributed by atoms with Crippen LogP contribution < -0.4 is 5.32 Å². The van der Waals surface area contributed by atoms with Crippen LogP contribution in [0, 0.1) is 17.3 Å². The molecule has 0 radical (unpaired) electrons. The van der Waals surface area contributed by atoms with Crippen LogP contribution in [0.3, 0.4) is 0 Å². The fraction of sp³-hybridized carbons (Fsp3) is 0.538. The largest absolute Gasteiger partial charge is 0.322 e. The summed E-state index contributed by atoms with van der Waals surface area (Å²) in [6.45, 7) is 1.96. The number of carbonyl (C=O) groups is 1. The first-order valence-electron chi connectivity index (χ1n) is 6.21. The third-order valence-electron chi connectivity index (χ3n) is 3.78. The SMILES string of the molecule is CCC1(C(=O)Nc2ccc(F)nc2F)CCCC1. The van der Waals surface area contributed by atoms with Crippen LogP contribution in [0.25, 0.3) is 0 Å². The lowest BCUT2D eigenvalue weighted by atomic mass is 9.82. The number of nitrogens with one attached hydrogen (secondary N) is 1. The molecule has 0 aromatic carbocycles. The zero-order valence-electron chi connectivity index (χ0n) is 10.3. The highest BCUT2D eigenvalue weighted by molar-refractivity contribution is 5.95. The lowest BCUT2D eigenvalue weighted by Gasteiger charge is -2.25. The fourth-order valence-electron chi connectivity index (χ4n) is 2.55. The minimum Gasteiger partial charge on any atom is -0.322 e. The molecule has 0 spiro atoms.